The van der Waals surface area contributed by atoms with Crippen LogP contribution in [0.1, 0.15) is 44.5 Å². The first-order valence-corrected chi connectivity index (χ1v) is 12.8. The minimum Gasteiger partial charge on any atom is -0.489 e. The first-order chi connectivity index (χ1) is 17.9. The van der Waals surface area contributed by atoms with Gasteiger partial charge in [-0.25, -0.2) is 0 Å². The third-order valence-electron chi connectivity index (χ3n) is 7.43. The minimum absolute atomic E-state index is 0.466. The van der Waals surface area contributed by atoms with Crippen molar-refractivity contribution in [2.75, 3.05) is 13.2 Å². The van der Waals surface area contributed by atoms with Gasteiger partial charge in [0.05, 0.1) is 5.41 Å². The summed E-state index contributed by atoms with van der Waals surface area (Å²) in [5, 5.41) is 0. The van der Waals surface area contributed by atoms with Crippen molar-refractivity contribution in [3.8, 4) is 22.6 Å². The van der Waals surface area contributed by atoms with Gasteiger partial charge >= 0.3 is 0 Å². The molecule has 0 spiro atoms. The molecule has 0 saturated carbocycles. The van der Waals surface area contributed by atoms with Crippen molar-refractivity contribution in [1.29, 1.82) is 0 Å². The van der Waals surface area contributed by atoms with Gasteiger partial charge in [0, 0.05) is 0 Å². The highest BCUT2D eigenvalue weighted by molar-refractivity contribution is 5.86. The van der Waals surface area contributed by atoms with Gasteiger partial charge in [0.1, 0.15) is 24.7 Å². The lowest BCUT2D eigenvalue weighted by Gasteiger charge is -2.35. The van der Waals surface area contributed by atoms with Crippen LogP contribution in [0.15, 0.2) is 98.1 Å². The molecule has 1 aliphatic carbocycles. The number of fused-ring (bicyclic) bond motifs is 3. The van der Waals surface area contributed by atoms with Gasteiger partial charge in [-0.15, -0.1) is 0 Å². The van der Waals surface area contributed by atoms with E-state index in [2.05, 4.69) is 114 Å². The van der Waals surface area contributed by atoms with Crippen molar-refractivity contribution in [2.24, 2.45) is 0 Å². The van der Waals surface area contributed by atoms with Gasteiger partial charge in [0.25, 0.3) is 0 Å². The molecule has 2 heteroatoms. The third kappa shape index (κ3) is 3.88. The zero-order valence-corrected chi connectivity index (χ0v) is 22.2. The highest BCUT2D eigenvalue weighted by atomic mass is 16.5. The predicted octanol–water partition coefficient (Wildman–Crippen LogP) is 8.41. The molecule has 0 atom stereocenters. The Morgan fingerprint density at radius 1 is 0.595 bits per heavy atom. The summed E-state index contributed by atoms with van der Waals surface area (Å²) < 4.78 is 12.1. The van der Waals surface area contributed by atoms with E-state index in [0.717, 1.165) is 33.8 Å². The second-order valence-corrected chi connectivity index (χ2v) is 9.92. The van der Waals surface area contributed by atoms with E-state index in [1.807, 2.05) is 0 Å². The minimum atomic E-state index is -0.466. The standard InChI is InChI=1S/C35H34O2/c1-7-17-36-33-23(3)19-27(20-24(33)4)35(28-21-25(5)34(26(6)22-28)37-18-8-2)31-15-11-9-13-29(31)30-14-10-12-16-32(30)35/h7-16,19-22H,1-2,17-18H2,3-6H3. The maximum atomic E-state index is 6.06. The Kier molecular flexibility index (Phi) is 6.52. The Balaban J connectivity index is 1.86. The van der Waals surface area contributed by atoms with Crippen molar-refractivity contribution in [1.82, 2.24) is 0 Å². The van der Waals surface area contributed by atoms with Crippen LogP contribution in [0.5, 0.6) is 11.5 Å². The normalized spacial score (nSPS) is 13.0. The topological polar surface area (TPSA) is 18.5 Å². The summed E-state index contributed by atoms with van der Waals surface area (Å²) in [6.07, 6.45) is 3.58. The van der Waals surface area contributed by atoms with Crippen LogP contribution in [0.3, 0.4) is 0 Å². The number of aryl methyl sites for hydroxylation is 4. The summed E-state index contributed by atoms with van der Waals surface area (Å²) in [4.78, 5) is 0. The highest BCUT2D eigenvalue weighted by Crippen LogP contribution is 2.57. The van der Waals surface area contributed by atoms with E-state index in [1.54, 1.807) is 12.2 Å². The van der Waals surface area contributed by atoms with Crippen molar-refractivity contribution in [3.05, 3.63) is 143 Å². The van der Waals surface area contributed by atoms with Crippen LogP contribution in [0.25, 0.3) is 11.1 Å². The lowest BCUT2D eigenvalue weighted by molar-refractivity contribution is 0.357. The van der Waals surface area contributed by atoms with E-state index in [1.165, 1.54) is 33.4 Å². The first kappa shape index (κ1) is 24.6. The zero-order chi connectivity index (χ0) is 26.2. The molecule has 1 aliphatic rings. The fourth-order valence-corrected chi connectivity index (χ4v) is 6.10. The van der Waals surface area contributed by atoms with Gasteiger partial charge < -0.3 is 9.47 Å². The Hall–Kier alpha value is -4.04. The Labute approximate surface area is 220 Å². The molecule has 4 aromatic carbocycles. The molecule has 0 amide bonds. The number of benzene rings is 4. The van der Waals surface area contributed by atoms with Crippen molar-refractivity contribution < 1.29 is 9.47 Å². The molecule has 0 fully saturated rings. The molecular weight excluding hydrogens is 452 g/mol. The Morgan fingerprint density at radius 2 is 0.946 bits per heavy atom. The summed E-state index contributed by atoms with van der Waals surface area (Å²) >= 11 is 0. The molecule has 0 N–H and O–H groups in total. The third-order valence-corrected chi connectivity index (χ3v) is 7.43. The fourth-order valence-electron chi connectivity index (χ4n) is 6.10. The van der Waals surface area contributed by atoms with E-state index in [4.69, 9.17) is 9.47 Å². The van der Waals surface area contributed by atoms with Crippen LogP contribution in [0.2, 0.25) is 0 Å². The van der Waals surface area contributed by atoms with Crippen molar-refractivity contribution >= 4 is 0 Å². The van der Waals surface area contributed by atoms with E-state index in [0.29, 0.717) is 13.2 Å². The van der Waals surface area contributed by atoms with E-state index in [-0.39, 0.29) is 0 Å². The molecule has 0 aliphatic heterocycles. The molecular formula is C35H34O2. The first-order valence-electron chi connectivity index (χ1n) is 12.8. The lowest BCUT2D eigenvalue weighted by Crippen LogP contribution is -2.29. The van der Waals surface area contributed by atoms with Crippen LogP contribution in [-0.4, -0.2) is 13.2 Å². The number of ether oxygens (including phenoxy) is 2. The number of hydrogen-bond donors (Lipinski definition) is 0. The van der Waals surface area contributed by atoms with Gasteiger partial charge in [-0.2, -0.15) is 0 Å². The Bertz CT molecular complexity index is 1350. The molecule has 186 valence electrons. The average molecular weight is 487 g/mol. The molecule has 37 heavy (non-hydrogen) atoms. The van der Waals surface area contributed by atoms with E-state index in [9.17, 15) is 0 Å². The number of hydrogen-bond acceptors (Lipinski definition) is 2. The van der Waals surface area contributed by atoms with Crippen LogP contribution in [0, 0.1) is 27.7 Å². The average Bonchev–Trinajstić information content (AvgIpc) is 3.19. The summed E-state index contributed by atoms with van der Waals surface area (Å²) in [5.41, 5.74) is 11.7. The summed E-state index contributed by atoms with van der Waals surface area (Å²) in [6, 6.07) is 26.9. The molecule has 0 aromatic heterocycles. The van der Waals surface area contributed by atoms with Gasteiger partial charge in [-0.1, -0.05) is 98.1 Å². The maximum Gasteiger partial charge on any atom is 0.125 e. The van der Waals surface area contributed by atoms with Crippen molar-refractivity contribution in [3.63, 3.8) is 0 Å². The second kappa shape index (κ2) is 9.78. The summed E-state index contributed by atoms with van der Waals surface area (Å²) in [5.74, 6) is 1.86. The molecule has 0 heterocycles. The van der Waals surface area contributed by atoms with Crippen molar-refractivity contribution in [2.45, 2.75) is 33.1 Å². The number of rotatable bonds is 8. The van der Waals surface area contributed by atoms with Gasteiger partial charge in [-0.05, 0) is 83.3 Å². The predicted molar refractivity (Wildman–Crippen MR) is 154 cm³/mol. The summed E-state index contributed by atoms with van der Waals surface area (Å²) in [6.45, 7) is 17.2. The lowest BCUT2D eigenvalue weighted by atomic mass is 9.66. The fraction of sp³-hybridized carbons (Fsp3) is 0.200. The Morgan fingerprint density at radius 3 is 1.30 bits per heavy atom. The van der Waals surface area contributed by atoms with Crippen LogP contribution >= 0.6 is 0 Å². The maximum absolute atomic E-state index is 6.06. The smallest absolute Gasteiger partial charge is 0.125 e. The quantitative estimate of drug-likeness (QED) is 0.205. The van der Waals surface area contributed by atoms with Gasteiger partial charge in [0.15, 0.2) is 0 Å². The molecule has 0 bridgehead atoms. The van der Waals surface area contributed by atoms with Crippen LogP contribution in [-0.2, 0) is 5.41 Å². The van der Waals surface area contributed by atoms with E-state index < -0.39 is 5.41 Å². The van der Waals surface area contributed by atoms with Crippen LogP contribution in [0.4, 0.5) is 0 Å². The molecule has 5 rings (SSSR count). The van der Waals surface area contributed by atoms with Crippen LogP contribution < -0.4 is 9.47 Å². The molecule has 4 aromatic rings. The van der Waals surface area contributed by atoms with Gasteiger partial charge in [0.2, 0.25) is 0 Å². The zero-order valence-electron chi connectivity index (χ0n) is 22.2. The van der Waals surface area contributed by atoms with Gasteiger partial charge in [-0.3, -0.25) is 0 Å². The molecule has 0 saturated heterocycles. The largest absolute Gasteiger partial charge is 0.489 e. The van der Waals surface area contributed by atoms with E-state index >= 15 is 0 Å². The molecule has 0 radical (unpaired) electrons. The summed E-state index contributed by atoms with van der Waals surface area (Å²) in [7, 11) is 0. The molecule has 0 unspecified atom stereocenters. The second-order valence-electron chi connectivity index (χ2n) is 9.92. The monoisotopic (exact) mass is 486 g/mol. The SMILES string of the molecule is C=CCOc1c(C)cc(C2(c3cc(C)c(OCC=C)c(C)c3)c3ccccc3-c3ccccc32)cc1C. The highest BCUT2D eigenvalue weighted by Gasteiger charge is 2.46. The molecule has 2 nitrogen and oxygen atoms in total.